The first kappa shape index (κ1) is 16.8. The highest BCUT2D eigenvalue weighted by molar-refractivity contribution is 7.09. The molecule has 4 rings (SSSR count). The van der Waals surface area contributed by atoms with Crippen molar-refractivity contribution in [3.8, 4) is 0 Å². The summed E-state index contributed by atoms with van der Waals surface area (Å²) in [4.78, 5) is 22.5. The SMILES string of the molecule is CN(C)C(=O)C1Cn2ccnc2C2(CCN(Cc3cccs3)CC2)O1. The fourth-order valence-electron chi connectivity index (χ4n) is 3.85. The van der Waals surface area contributed by atoms with E-state index in [1.54, 1.807) is 30.3 Å². The van der Waals surface area contributed by atoms with Gasteiger partial charge in [0, 0.05) is 51.0 Å². The van der Waals surface area contributed by atoms with E-state index in [1.807, 2.05) is 12.4 Å². The molecular weight excluding hydrogens is 336 g/mol. The summed E-state index contributed by atoms with van der Waals surface area (Å²) in [6.45, 7) is 3.44. The van der Waals surface area contributed by atoms with Crippen LogP contribution in [0.2, 0.25) is 0 Å². The lowest BCUT2D eigenvalue weighted by Crippen LogP contribution is -2.53. The van der Waals surface area contributed by atoms with Crippen molar-refractivity contribution in [1.82, 2.24) is 19.4 Å². The zero-order chi connectivity index (χ0) is 17.4. The molecule has 1 spiro atoms. The number of nitrogens with zero attached hydrogens (tertiary/aromatic N) is 4. The molecule has 2 aliphatic rings. The third kappa shape index (κ3) is 3.12. The number of likely N-dealkylation sites (N-methyl/N-ethyl adjacent to an activating group) is 1. The Kier molecular flexibility index (Phi) is 4.39. The minimum atomic E-state index is -0.440. The number of likely N-dealkylation sites (tertiary alicyclic amines) is 1. The van der Waals surface area contributed by atoms with Crippen LogP contribution >= 0.6 is 11.3 Å². The van der Waals surface area contributed by atoms with Crippen LogP contribution in [0.1, 0.15) is 23.5 Å². The molecule has 0 aromatic carbocycles. The van der Waals surface area contributed by atoms with E-state index in [1.165, 1.54) is 4.88 Å². The first-order valence-electron chi connectivity index (χ1n) is 8.73. The van der Waals surface area contributed by atoms with E-state index >= 15 is 0 Å². The van der Waals surface area contributed by atoms with Gasteiger partial charge in [0.25, 0.3) is 5.91 Å². The van der Waals surface area contributed by atoms with Gasteiger partial charge in [-0.3, -0.25) is 9.69 Å². The minimum Gasteiger partial charge on any atom is -0.352 e. The predicted octanol–water partition coefficient (Wildman–Crippen LogP) is 1.92. The fourth-order valence-corrected chi connectivity index (χ4v) is 4.60. The summed E-state index contributed by atoms with van der Waals surface area (Å²) in [5.74, 6) is 1.01. The van der Waals surface area contributed by atoms with Crippen LogP contribution in [0, 0.1) is 0 Å². The molecule has 2 aromatic heterocycles. The second-order valence-electron chi connectivity index (χ2n) is 7.09. The fraction of sp³-hybridized carbons (Fsp3) is 0.556. The number of imidazole rings is 1. The molecule has 2 aliphatic heterocycles. The third-order valence-electron chi connectivity index (χ3n) is 5.19. The maximum Gasteiger partial charge on any atom is 0.253 e. The summed E-state index contributed by atoms with van der Waals surface area (Å²) in [6, 6.07) is 4.29. The summed E-state index contributed by atoms with van der Waals surface area (Å²) < 4.78 is 8.51. The van der Waals surface area contributed by atoms with Gasteiger partial charge in [0.05, 0.1) is 6.54 Å². The molecule has 7 heteroatoms. The quantitative estimate of drug-likeness (QED) is 0.839. The molecule has 0 radical (unpaired) electrons. The van der Waals surface area contributed by atoms with Gasteiger partial charge in [-0.2, -0.15) is 0 Å². The van der Waals surface area contributed by atoms with Crippen molar-refractivity contribution < 1.29 is 9.53 Å². The number of hydrogen-bond acceptors (Lipinski definition) is 5. The second kappa shape index (κ2) is 6.55. The molecule has 6 nitrogen and oxygen atoms in total. The second-order valence-corrected chi connectivity index (χ2v) is 8.12. The van der Waals surface area contributed by atoms with Crippen molar-refractivity contribution in [2.24, 2.45) is 0 Å². The van der Waals surface area contributed by atoms with Crippen LogP contribution in [-0.4, -0.2) is 58.5 Å². The van der Waals surface area contributed by atoms with Crippen molar-refractivity contribution in [3.05, 3.63) is 40.6 Å². The molecule has 2 aromatic rings. The molecule has 25 heavy (non-hydrogen) atoms. The molecule has 1 amide bonds. The highest BCUT2D eigenvalue weighted by Gasteiger charge is 2.47. The normalized spacial score (nSPS) is 22.7. The highest BCUT2D eigenvalue weighted by atomic mass is 32.1. The van der Waals surface area contributed by atoms with Gasteiger partial charge in [0.1, 0.15) is 11.4 Å². The van der Waals surface area contributed by atoms with E-state index in [0.717, 1.165) is 38.3 Å². The molecule has 0 saturated carbocycles. The lowest BCUT2D eigenvalue weighted by molar-refractivity contribution is -0.179. The summed E-state index contributed by atoms with van der Waals surface area (Å²) in [7, 11) is 3.57. The van der Waals surface area contributed by atoms with E-state index in [4.69, 9.17) is 4.74 Å². The van der Waals surface area contributed by atoms with Gasteiger partial charge in [-0.25, -0.2) is 4.98 Å². The Morgan fingerprint density at radius 3 is 2.92 bits per heavy atom. The van der Waals surface area contributed by atoms with Gasteiger partial charge in [-0.15, -0.1) is 11.3 Å². The molecule has 1 fully saturated rings. The average Bonchev–Trinajstić information content (AvgIpc) is 3.28. The van der Waals surface area contributed by atoms with E-state index < -0.39 is 11.7 Å². The standard InChI is InChI=1S/C18H24N4O2S/c1-20(2)16(23)15-13-22-10-7-19-17(22)18(24-15)5-8-21(9-6-18)12-14-4-3-11-25-14/h3-4,7,10-11,15H,5-6,8-9,12-13H2,1-2H3. The first-order valence-corrected chi connectivity index (χ1v) is 9.61. The summed E-state index contributed by atoms with van der Waals surface area (Å²) in [6.07, 6.45) is 5.09. The van der Waals surface area contributed by atoms with Crippen molar-refractivity contribution in [3.63, 3.8) is 0 Å². The molecule has 4 heterocycles. The Balaban J connectivity index is 1.52. The molecule has 0 bridgehead atoms. The topological polar surface area (TPSA) is 50.6 Å². The van der Waals surface area contributed by atoms with E-state index in [9.17, 15) is 4.79 Å². The van der Waals surface area contributed by atoms with Crippen LogP contribution < -0.4 is 0 Å². The minimum absolute atomic E-state index is 0.0275. The van der Waals surface area contributed by atoms with Crippen molar-refractivity contribution >= 4 is 17.2 Å². The Hall–Kier alpha value is -1.70. The van der Waals surface area contributed by atoms with Crippen LogP contribution in [0.15, 0.2) is 29.9 Å². The maximum absolute atomic E-state index is 12.5. The number of amides is 1. The van der Waals surface area contributed by atoms with E-state index in [0.29, 0.717) is 6.54 Å². The average molecular weight is 360 g/mol. The van der Waals surface area contributed by atoms with E-state index in [2.05, 4.69) is 32.0 Å². The number of hydrogen-bond donors (Lipinski definition) is 0. The number of carbonyl (C=O) groups is 1. The molecule has 134 valence electrons. The summed E-state index contributed by atoms with van der Waals surface area (Å²) >= 11 is 1.80. The zero-order valence-corrected chi connectivity index (χ0v) is 15.5. The largest absolute Gasteiger partial charge is 0.352 e. The third-order valence-corrected chi connectivity index (χ3v) is 6.05. The van der Waals surface area contributed by atoms with Crippen LogP contribution in [0.25, 0.3) is 0 Å². The Labute approximate surface area is 152 Å². The molecule has 1 saturated heterocycles. The number of piperidine rings is 1. The van der Waals surface area contributed by atoms with Gasteiger partial charge < -0.3 is 14.2 Å². The Morgan fingerprint density at radius 1 is 1.44 bits per heavy atom. The van der Waals surface area contributed by atoms with Crippen LogP contribution in [0.5, 0.6) is 0 Å². The van der Waals surface area contributed by atoms with Gasteiger partial charge in [0.15, 0.2) is 6.10 Å². The van der Waals surface area contributed by atoms with Crippen molar-refractivity contribution in [2.75, 3.05) is 27.2 Å². The van der Waals surface area contributed by atoms with Crippen LogP contribution in [0.4, 0.5) is 0 Å². The van der Waals surface area contributed by atoms with E-state index in [-0.39, 0.29) is 5.91 Å². The molecule has 0 N–H and O–H groups in total. The number of ether oxygens (including phenoxy) is 1. The molecule has 1 unspecified atom stereocenters. The lowest BCUT2D eigenvalue weighted by Gasteiger charge is -2.45. The van der Waals surface area contributed by atoms with Crippen molar-refractivity contribution in [2.45, 2.75) is 37.6 Å². The van der Waals surface area contributed by atoms with Crippen LogP contribution in [-0.2, 0) is 28.2 Å². The number of aromatic nitrogens is 2. The van der Waals surface area contributed by atoms with Gasteiger partial charge >= 0.3 is 0 Å². The molecule has 0 aliphatic carbocycles. The summed E-state index contributed by atoms with van der Waals surface area (Å²) in [5.41, 5.74) is -0.440. The number of carbonyl (C=O) groups excluding carboxylic acids is 1. The van der Waals surface area contributed by atoms with Gasteiger partial charge in [-0.05, 0) is 24.3 Å². The van der Waals surface area contributed by atoms with Gasteiger partial charge in [0.2, 0.25) is 0 Å². The lowest BCUT2D eigenvalue weighted by atomic mass is 9.88. The molecular formula is C18H24N4O2S. The maximum atomic E-state index is 12.5. The number of thiophene rings is 1. The Bertz CT molecular complexity index is 732. The zero-order valence-electron chi connectivity index (χ0n) is 14.7. The number of rotatable bonds is 3. The van der Waals surface area contributed by atoms with Crippen molar-refractivity contribution in [1.29, 1.82) is 0 Å². The predicted molar refractivity (Wildman–Crippen MR) is 96.3 cm³/mol. The van der Waals surface area contributed by atoms with Crippen LogP contribution in [0.3, 0.4) is 0 Å². The first-order chi connectivity index (χ1) is 12.1. The monoisotopic (exact) mass is 360 g/mol. The Morgan fingerprint density at radius 2 is 2.24 bits per heavy atom. The summed E-state index contributed by atoms with van der Waals surface area (Å²) in [5, 5.41) is 2.12. The highest BCUT2D eigenvalue weighted by Crippen LogP contribution is 2.40. The number of fused-ring (bicyclic) bond motifs is 2. The van der Waals surface area contributed by atoms with Gasteiger partial charge in [-0.1, -0.05) is 6.07 Å². The molecule has 1 atom stereocenters. The smallest absolute Gasteiger partial charge is 0.253 e.